The maximum atomic E-state index is 11.3. The van der Waals surface area contributed by atoms with E-state index >= 15 is 0 Å². The predicted molar refractivity (Wildman–Crippen MR) is 46.6 cm³/mol. The van der Waals surface area contributed by atoms with Crippen molar-refractivity contribution in [2.75, 3.05) is 7.11 Å². The van der Waals surface area contributed by atoms with E-state index in [9.17, 15) is 8.42 Å². The molecule has 1 N–H and O–H groups in total. The molecule has 0 aliphatic heterocycles. The van der Waals surface area contributed by atoms with Crippen molar-refractivity contribution in [1.29, 1.82) is 0 Å². The predicted octanol–water partition coefficient (Wildman–Crippen LogP) is 0.575. The van der Waals surface area contributed by atoms with Gasteiger partial charge in [0.2, 0.25) is 0 Å². The summed E-state index contributed by atoms with van der Waals surface area (Å²) in [6.45, 7) is 0. The highest BCUT2D eigenvalue weighted by Gasteiger charge is 2.17. The van der Waals surface area contributed by atoms with Crippen LogP contribution in [0.3, 0.4) is 0 Å². The SMILES string of the molecule is CONS(=O)(=O)c1cccnc1Cl. The summed E-state index contributed by atoms with van der Waals surface area (Å²) in [5, 5.41) is -0.0907. The van der Waals surface area contributed by atoms with E-state index in [2.05, 4.69) is 9.82 Å². The maximum absolute atomic E-state index is 11.3. The number of hydrogen-bond donors (Lipinski definition) is 1. The second-order valence-electron chi connectivity index (χ2n) is 2.08. The van der Waals surface area contributed by atoms with Gasteiger partial charge in [0.1, 0.15) is 10.0 Å². The third kappa shape index (κ3) is 2.38. The summed E-state index contributed by atoms with van der Waals surface area (Å²) in [7, 11) is -2.51. The molecule has 1 heterocycles. The Balaban J connectivity index is 3.15. The van der Waals surface area contributed by atoms with Gasteiger partial charge in [-0.05, 0) is 12.1 Å². The molecular formula is C6H7ClN2O3S. The third-order valence-electron chi connectivity index (χ3n) is 1.21. The first-order valence-corrected chi connectivity index (χ1v) is 5.09. The third-order valence-corrected chi connectivity index (χ3v) is 2.92. The van der Waals surface area contributed by atoms with Crippen LogP contribution in [-0.2, 0) is 14.9 Å². The highest BCUT2D eigenvalue weighted by Crippen LogP contribution is 2.16. The largest absolute Gasteiger partial charge is 0.290 e. The molecule has 5 nitrogen and oxygen atoms in total. The zero-order valence-corrected chi connectivity index (χ0v) is 8.26. The summed E-state index contributed by atoms with van der Waals surface area (Å²) in [5.74, 6) is 0. The van der Waals surface area contributed by atoms with E-state index < -0.39 is 10.0 Å². The minimum absolute atomic E-state index is 0.0907. The van der Waals surface area contributed by atoms with E-state index in [1.54, 1.807) is 0 Å². The second-order valence-corrected chi connectivity index (χ2v) is 4.05. The van der Waals surface area contributed by atoms with E-state index in [1.165, 1.54) is 25.4 Å². The molecule has 1 aromatic heterocycles. The maximum Gasteiger partial charge on any atom is 0.265 e. The molecule has 1 rings (SSSR count). The van der Waals surface area contributed by atoms with Gasteiger partial charge < -0.3 is 0 Å². The Morgan fingerprint density at radius 1 is 1.62 bits per heavy atom. The molecule has 0 amide bonds. The Hall–Kier alpha value is -0.690. The van der Waals surface area contributed by atoms with Crippen molar-refractivity contribution in [1.82, 2.24) is 9.87 Å². The molecule has 0 bridgehead atoms. The van der Waals surface area contributed by atoms with Crippen LogP contribution < -0.4 is 4.89 Å². The normalized spacial score (nSPS) is 11.5. The summed E-state index contributed by atoms with van der Waals surface area (Å²) in [6.07, 6.45) is 1.40. The number of nitrogens with one attached hydrogen (secondary N) is 1. The lowest BCUT2D eigenvalue weighted by molar-refractivity contribution is 0.153. The Kier molecular flexibility index (Phi) is 3.21. The van der Waals surface area contributed by atoms with Gasteiger partial charge in [-0.2, -0.15) is 0 Å². The van der Waals surface area contributed by atoms with Gasteiger partial charge in [0.15, 0.2) is 0 Å². The molecular weight excluding hydrogens is 216 g/mol. The van der Waals surface area contributed by atoms with Crippen molar-refractivity contribution in [3.05, 3.63) is 23.5 Å². The fourth-order valence-corrected chi connectivity index (χ4v) is 1.99. The van der Waals surface area contributed by atoms with Gasteiger partial charge in [-0.25, -0.2) is 13.4 Å². The molecule has 0 unspecified atom stereocenters. The summed E-state index contributed by atoms with van der Waals surface area (Å²) >= 11 is 5.56. The lowest BCUT2D eigenvalue weighted by atomic mass is 10.5. The van der Waals surface area contributed by atoms with Crippen molar-refractivity contribution < 1.29 is 13.3 Å². The van der Waals surface area contributed by atoms with Crippen LogP contribution in [-0.4, -0.2) is 20.5 Å². The van der Waals surface area contributed by atoms with Gasteiger partial charge in [0.25, 0.3) is 10.0 Å². The standard InChI is InChI=1S/C6H7ClN2O3S/c1-12-9-13(10,11)5-3-2-4-8-6(5)7/h2-4,9H,1H3. The average molecular weight is 223 g/mol. The van der Waals surface area contributed by atoms with E-state index in [0.29, 0.717) is 0 Å². The minimum atomic E-state index is -3.71. The Morgan fingerprint density at radius 2 is 2.31 bits per heavy atom. The monoisotopic (exact) mass is 222 g/mol. The number of hydrogen-bond acceptors (Lipinski definition) is 4. The van der Waals surface area contributed by atoms with Gasteiger partial charge in [-0.1, -0.05) is 16.5 Å². The minimum Gasteiger partial charge on any atom is -0.290 e. The van der Waals surface area contributed by atoms with Gasteiger partial charge in [-0.15, -0.1) is 0 Å². The first kappa shape index (κ1) is 10.4. The first-order chi connectivity index (χ1) is 6.08. The number of aromatic nitrogens is 1. The lowest BCUT2D eigenvalue weighted by Gasteiger charge is -2.04. The fourth-order valence-electron chi connectivity index (χ4n) is 0.726. The average Bonchev–Trinajstić information content (AvgIpc) is 2.04. The van der Waals surface area contributed by atoms with Crippen LogP contribution >= 0.6 is 11.6 Å². The summed E-state index contributed by atoms with van der Waals surface area (Å²) in [4.78, 5) is 9.62. The van der Waals surface area contributed by atoms with E-state index in [4.69, 9.17) is 11.6 Å². The van der Waals surface area contributed by atoms with Crippen LogP contribution in [0.2, 0.25) is 5.15 Å². The van der Waals surface area contributed by atoms with Gasteiger partial charge in [-0.3, -0.25) is 4.84 Å². The van der Waals surface area contributed by atoms with Gasteiger partial charge in [0.05, 0.1) is 7.11 Å². The van der Waals surface area contributed by atoms with Crippen molar-refractivity contribution in [2.24, 2.45) is 0 Å². The summed E-state index contributed by atoms with van der Waals surface area (Å²) in [6, 6.07) is 2.80. The number of rotatable bonds is 3. The molecule has 0 spiro atoms. The molecule has 13 heavy (non-hydrogen) atoms. The smallest absolute Gasteiger partial charge is 0.265 e. The fraction of sp³-hybridized carbons (Fsp3) is 0.167. The van der Waals surface area contributed by atoms with Crippen LogP contribution in [0.25, 0.3) is 0 Å². The van der Waals surface area contributed by atoms with E-state index in [1.807, 2.05) is 4.89 Å². The van der Waals surface area contributed by atoms with Gasteiger partial charge >= 0.3 is 0 Å². The molecule has 0 saturated carbocycles. The highest BCUT2D eigenvalue weighted by atomic mass is 35.5. The van der Waals surface area contributed by atoms with Gasteiger partial charge in [0, 0.05) is 6.20 Å². The number of sulfonamides is 1. The molecule has 0 aliphatic rings. The Bertz CT molecular complexity index is 393. The highest BCUT2D eigenvalue weighted by molar-refractivity contribution is 7.89. The quantitative estimate of drug-likeness (QED) is 0.600. The molecule has 1 aromatic rings. The zero-order chi connectivity index (χ0) is 9.90. The Morgan fingerprint density at radius 3 is 2.85 bits per heavy atom. The molecule has 0 atom stereocenters. The van der Waals surface area contributed by atoms with Crippen LogP contribution in [0.4, 0.5) is 0 Å². The molecule has 0 radical (unpaired) electrons. The lowest BCUT2D eigenvalue weighted by Crippen LogP contribution is -2.22. The van der Waals surface area contributed by atoms with Crippen LogP contribution in [0.5, 0.6) is 0 Å². The number of nitrogens with zero attached hydrogens (tertiary/aromatic N) is 1. The van der Waals surface area contributed by atoms with E-state index in [0.717, 1.165) is 0 Å². The zero-order valence-electron chi connectivity index (χ0n) is 6.69. The Labute approximate surface area is 80.7 Å². The molecule has 0 aliphatic carbocycles. The van der Waals surface area contributed by atoms with Crippen molar-refractivity contribution in [3.63, 3.8) is 0 Å². The van der Waals surface area contributed by atoms with Crippen LogP contribution in [0, 0.1) is 0 Å². The summed E-state index contributed by atoms with van der Waals surface area (Å²) in [5.41, 5.74) is 0. The molecule has 0 fully saturated rings. The topological polar surface area (TPSA) is 68.3 Å². The van der Waals surface area contributed by atoms with E-state index in [-0.39, 0.29) is 10.0 Å². The molecule has 0 saturated heterocycles. The van der Waals surface area contributed by atoms with Crippen LogP contribution in [0.1, 0.15) is 0 Å². The molecule has 72 valence electrons. The second kappa shape index (κ2) is 4.01. The number of pyridine rings is 1. The number of halogens is 1. The van der Waals surface area contributed by atoms with Crippen molar-refractivity contribution >= 4 is 21.6 Å². The molecule has 0 aromatic carbocycles. The van der Waals surface area contributed by atoms with Crippen molar-refractivity contribution in [3.8, 4) is 0 Å². The van der Waals surface area contributed by atoms with Crippen molar-refractivity contribution in [2.45, 2.75) is 4.90 Å². The first-order valence-electron chi connectivity index (χ1n) is 3.23. The van der Waals surface area contributed by atoms with Crippen LogP contribution in [0.15, 0.2) is 23.2 Å². The summed E-state index contributed by atoms with van der Waals surface area (Å²) < 4.78 is 22.6. The molecule has 7 heteroatoms.